The standard InChI is InChI=1S/C23H37N3OS/c27-23(25-22-16-15-21(28-22)17-24-18-9-7-8-10-18)26(19-11-3-1-4-12-19)20-13-5-2-6-14-20/h15-16,18-20,24H,1-14,17H2,(H,25,27). The molecule has 3 aliphatic rings. The van der Waals surface area contributed by atoms with Crippen molar-refractivity contribution in [1.82, 2.24) is 10.2 Å². The smallest absolute Gasteiger partial charge is 0.319 e. The summed E-state index contributed by atoms with van der Waals surface area (Å²) in [4.78, 5) is 16.9. The number of hydrogen-bond acceptors (Lipinski definition) is 3. The number of carbonyl (C=O) groups is 1. The fourth-order valence-electron chi connectivity index (χ4n) is 5.43. The van der Waals surface area contributed by atoms with Gasteiger partial charge in [-0.1, -0.05) is 51.4 Å². The first-order valence-electron chi connectivity index (χ1n) is 11.7. The summed E-state index contributed by atoms with van der Waals surface area (Å²) in [5.74, 6) is 0. The molecule has 0 atom stereocenters. The molecular formula is C23H37N3OS. The third-order valence-electron chi connectivity index (χ3n) is 6.98. The van der Waals surface area contributed by atoms with E-state index in [1.54, 1.807) is 11.3 Å². The van der Waals surface area contributed by atoms with Crippen LogP contribution in [0.3, 0.4) is 0 Å². The van der Waals surface area contributed by atoms with Crippen LogP contribution >= 0.6 is 11.3 Å². The molecule has 1 aromatic rings. The average Bonchev–Trinajstić information content (AvgIpc) is 3.40. The van der Waals surface area contributed by atoms with Crippen LogP contribution in [0.25, 0.3) is 0 Å². The maximum atomic E-state index is 13.3. The molecule has 5 heteroatoms. The Balaban J connectivity index is 1.36. The molecule has 2 amide bonds. The second kappa shape index (κ2) is 10.1. The molecule has 1 aromatic heterocycles. The van der Waals surface area contributed by atoms with Crippen LogP contribution in [0.2, 0.25) is 0 Å². The first kappa shape index (κ1) is 20.2. The largest absolute Gasteiger partial charge is 0.322 e. The van der Waals surface area contributed by atoms with Crippen LogP contribution in [0, 0.1) is 0 Å². The molecule has 0 unspecified atom stereocenters. The minimum atomic E-state index is 0.149. The number of anilines is 1. The minimum absolute atomic E-state index is 0.149. The van der Waals surface area contributed by atoms with E-state index in [4.69, 9.17) is 0 Å². The Hall–Kier alpha value is -1.07. The van der Waals surface area contributed by atoms with Gasteiger partial charge in [0.2, 0.25) is 0 Å². The molecule has 0 aromatic carbocycles. The molecule has 0 bridgehead atoms. The molecule has 28 heavy (non-hydrogen) atoms. The van der Waals surface area contributed by atoms with Gasteiger partial charge in [0, 0.05) is 29.5 Å². The second-order valence-electron chi connectivity index (χ2n) is 9.05. The topological polar surface area (TPSA) is 44.4 Å². The van der Waals surface area contributed by atoms with Crippen molar-refractivity contribution in [2.45, 2.75) is 115 Å². The van der Waals surface area contributed by atoms with E-state index >= 15 is 0 Å². The van der Waals surface area contributed by atoms with Crippen molar-refractivity contribution in [2.75, 3.05) is 5.32 Å². The molecule has 1 heterocycles. The number of hydrogen-bond donors (Lipinski definition) is 2. The molecule has 0 radical (unpaired) electrons. The number of thiophene rings is 1. The highest BCUT2D eigenvalue weighted by atomic mass is 32.1. The van der Waals surface area contributed by atoms with Gasteiger partial charge in [-0.15, -0.1) is 11.3 Å². The summed E-state index contributed by atoms with van der Waals surface area (Å²) in [5.41, 5.74) is 0. The highest BCUT2D eigenvalue weighted by Crippen LogP contribution is 2.31. The maximum absolute atomic E-state index is 13.3. The van der Waals surface area contributed by atoms with Gasteiger partial charge in [0.05, 0.1) is 5.00 Å². The van der Waals surface area contributed by atoms with Crippen molar-refractivity contribution in [3.05, 3.63) is 17.0 Å². The summed E-state index contributed by atoms with van der Waals surface area (Å²) in [7, 11) is 0. The minimum Gasteiger partial charge on any atom is -0.319 e. The summed E-state index contributed by atoms with van der Waals surface area (Å²) < 4.78 is 0. The Labute approximate surface area is 174 Å². The number of nitrogens with zero attached hydrogens (tertiary/aromatic N) is 1. The summed E-state index contributed by atoms with van der Waals surface area (Å²) in [6.45, 7) is 0.931. The highest BCUT2D eigenvalue weighted by molar-refractivity contribution is 7.16. The molecule has 0 spiro atoms. The molecule has 156 valence electrons. The van der Waals surface area contributed by atoms with Gasteiger partial charge in [-0.2, -0.15) is 0 Å². The van der Waals surface area contributed by atoms with E-state index in [9.17, 15) is 4.79 Å². The molecule has 3 aliphatic carbocycles. The summed E-state index contributed by atoms with van der Waals surface area (Å²) in [6, 6.07) is 5.99. The lowest BCUT2D eigenvalue weighted by Crippen LogP contribution is -2.50. The Morgan fingerprint density at radius 3 is 2.04 bits per heavy atom. The molecule has 4 rings (SSSR count). The summed E-state index contributed by atoms with van der Waals surface area (Å²) in [6.07, 6.45) is 17.9. The van der Waals surface area contributed by atoms with Crippen LogP contribution in [-0.2, 0) is 6.54 Å². The fraction of sp³-hybridized carbons (Fsp3) is 0.783. The van der Waals surface area contributed by atoms with Gasteiger partial charge in [0.25, 0.3) is 0 Å². The SMILES string of the molecule is O=C(Nc1ccc(CNC2CCCC2)s1)N(C1CCCCC1)C1CCCCC1. The van der Waals surface area contributed by atoms with Crippen LogP contribution in [-0.4, -0.2) is 29.1 Å². The van der Waals surface area contributed by atoms with Gasteiger partial charge in [-0.05, 0) is 50.7 Å². The third kappa shape index (κ3) is 5.29. The molecule has 3 fully saturated rings. The van der Waals surface area contributed by atoms with Crippen molar-refractivity contribution in [3.8, 4) is 0 Å². The number of urea groups is 1. The lowest BCUT2D eigenvalue weighted by molar-refractivity contribution is 0.114. The maximum Gasteiger partial charge on any atom is 0.322 e. The summed E-state index contributed by atoms with van der Waals surface area (Å²) >= 11 is 1.73. The zero-order chi connectivity index (χ0) is 19.2. The van der Waals surface area contributed by atoms with E-state index < -0.39 is 0 Å². The zero-order valence-electron chi connectivity index (χ0n) is 17.3. The predicted molar refractivity (Wildman–Crippen MR) is 118 cm³/mol. The Morgan fingerprint density at radius 2 is 1.43 bits per heavy atom. The first-order valence-corrected chi connectivity index (χ1v) is 12.5. The number of nitrogens with one attached hydrogen (secondary N) is 2. The van der Waals surface area contributed by atoms with E-state index in [1.165, 1.54) is 94.8 Å². The Kier molecular flexibility index (Phi) is 7.30. The third-order valence-corrected chi connectivity index (χ3v) is 7.98. The van der Waals surface area contributed by atoms with Gasteiger partial charge in [0.15, 0.2) is 0 Å². The van der Waals surface area contributed by atoms with Gasteiger partial charge in [-0.3, -0.25) is 5.32 Å². The molecule has 2 N–H and O–H groups in total. The lowest BCUT2D eigenvalue weighted by atomic mass is 9.89. The number of amides is 2. The van der Waals surface area contributed by atoms with E-state index in [0.29, 0.717) is 18.1 Å². The zero-order valence-corrected chi connectivity index (χ0v) is 18.1. The van der Waals surface area contributed by atoms with Crippen LogP contribution in [0.15, 0.2) is 12.1 Å². The van der Waals surface area contributed by atoms with Gasteiger partial charge < -0.3 is 10.2 Å². The van der Waals surface area contributed by atoms with Crippen LogP contribution in [0.4, 0.5) is 9.80 Å². The first-order chi connectivity index (χ1) is 13.8. The van der Waals surface area contributed by atoms with Gasteiger partial charge in [0.1, 0.15) is 0 Å². The molecular weight excluding hydrogens is 366 g/mol. The van der Waals surface area contributed by atoms with E-state index in [-0.39, 0.29) is 6.03 Å². The quantitative estimate of drug-likeness (QED) is 0.587. The van der Waals surface area contributed by atoms with Crippen LogP contribution in [0.1, 0.15) is 94.8 Å². The average molecular weight is 404 g/mol. The second-order valence-corrected chi connectivity index (χ2v) is 10.2. The van der Waals surface area contributed by atoms with Crippen molar-refractivity contribution in [1.29, 1.82) is 0 Å². The van der Waals surface area contributed by atoms with Crippen LogP contribution in [0.5, 0.6) is 0 Å². The van der Waals surface area contributed by atoms with Crippen molar-refractivity contribution < 1.29 is 4.79 Å². The molecule has 0 aliphatic heterocycles. The van der Waals surface area contributed by atoms with E-state index in [0.717, 1.165) is 11.5 Å². The lowest BCUT2D eigenvalue weighted by Gasteiger charge is -2.41. The van der Waals surface area contributed by atoms with Crippen LogP contribution < -0.4 is 10.6 Å². The predicted octanol–water partition coefficient (Wildman–Crippen LogP) is 6.28. The Bertz CT molecular complexity index is 595. The van der Waals surface area contributed by atoms with Gasteiger partial charge >= 0.3 is 6.03 Å². The van der Waals surface area contributed by atoms with Crippen molar-refractivity contribution in [3.63, 3.8) is 0 Å². The molecule has 0 saturated heterocycles. The van der Waals surface area contributed by atoms with Gasteiger partial charge in [-0.25, -0.2) is 4.79 Å². The number of rotatable bonds is 6. The van der Waals surface area contributed by atoms with Crippen molar-refractivity contribution >= 4 is 22.4 Å². The number of carbonyl (C=O) groups excluding carboxylic acids is 1. The fourth-order valence-corrected chi connectivity index (χ4v) is 6.28. The van der Waals surface area contributed by atoms with E-state index in [2.05, 4.69) is 27.7 Å². The van der Waals surface area contributed by atoms with Crippen molar-refractivity contribution in [2.24, 2.45) is 0 Å². The van der Waals surface area contributed by atoms with E-state index in [1.807, 2.05) is 0 Å². The summed E-state index contributed by atoms with van der Waals surface area (Å²) in [5, 5.41) is 7.95. The normalized spacial score (nSPS) is 22.4. The Morgan fingerprint density at radius 1 is 0.857 bits per heavy atom. The molecule has 4 nitrogen and oxygen atoms in total. The highest BCUT2D eigenvalue weighted by Gasteiger charge is 2.32. The molecule has 3 saturated carbocycles. The monoisotopic (exact) mass is 403 g/mol.